The summed E-state index contributed by atoms with van der Waals surface area (Å²) in [5.74, 6) is 0.269. The Bertz CT molecular complexity index is 1000. The van der Waals surface area contributed by atoms with Crippen molar-refractivity contribution in [3.8, 4) is 11.3 Å². The third-order valence-corrected chi connectivity index (χ3v) is 4.97. The van der Waals surface area contributed by atoms with Gasteiger partial charge < -0.3 is 15.3 Å². The molecule has 152 valence electrons. The molecular formula is C20H21ClFN5O2. The highest BCUT2D eigenvalue weighted by Crippen LogP contribution is 2.32. The number of carbonyl (C=O) groups is 1. The molecule has 0 unspecified atom stereocenters. The number of benzene rings is 1. The van der Waals surface area contributed by atoms with Gasteiger partial charge in [-0.15, -0.1) is 10.2 Å². The summed E-state index contributed by atoms with van der Waals surface area (Å²) in [5.41, 5.74) is 0.866. The van der Waals surface area contributed by atoms with Gasteiger partial charge in [0.2, 0.25) is 0 Å². The van der Waals surface area contributed by atoms with Gasteiger partial charge >= 0.3 is 0 Å². The summed E-state index contributed by atoms with van der Waals surface area (Å²) >= 11 is 5.87. The normalized spacial score (nSPS) is 16.7. The average Bonchev–Trinajstić information content (AvgIpc) is 2.70. The van der Waals surface area contributed by atoms with Gasteiger partial charge in [0.15, 0.2) is 5.82 Å². The summed E-state index contributed by atoms with van der Waals surface area (Å²) in [6.07, 6.45) is 5.66. The molecule has 2 aromatic heterocycles. The van der Waals surface area contributed by atoms with E-state index in [1.54, 1.807) is 24.5 Å². The molecule has 0 saturated carbocycles. The molecule has 1 saturated heterocycles. The van der Waals surface area contributed by atoms with Crippen LogP contribution in [-0.4, -0.2) is 57.8 Å². The average molecular weight is 418 g/mol. The summed E-state index contributed by atoms with van der Waals surface area (Å²) in [7, 11) is 2.12. The first-order chi connectivity index (χ1) is 14.0. The monoisotopic (exact) mass is 417 g/mol. The van der Waals surface area contributed by atoms with Crippen molar-refractivity contribution in [2.24, 2.45) is 0 Å². The Hall–Kier alpha value is -2.84. The van der Waals surface area contributed by atoms with Crippen LogP contribution >= 0.6 is 11.6 Å². The molecule has 29 heavy (non-hydrogen) atoms. The fourth-order valence-corrected chi connectivity index (χ4v) is 3.62. The van der Waals surface area contributed by atoms with E-state index in [0.717, 1.165) is 36.7 Å². The van der Waals surface area contributed by atoms with Crippen LogP contribution in [0.1, 0.15) is 12.8 Å². The molecule has 9 heteroatoms. The van der Waals surface area contributed by atoms with E-state index >= 15 is 0 Å². The van der Waals surface area contributed by atoms with Crippen molar-refractivity contribution in [3.63, 3.8) is 0 Å². The predicted octanol–water partition coefficient (Wildman–Crippen LogP) is 3.69. The zero-order valence-corrected chi connectivity index (χ0v) is 16.6. The van der Waals surface area contributed by atoms with Crippen LogP contribution in [-0.2, 0) is 4.79 Å². The van der Waals surface area contributed by atoms with Gasteiger partial charge in [0.1, 0.15) is 11.5 Å². The zero-order valence-electron chi connectivity index (χ0n) is 15.8. The topological polar surface area (TPSA) is 91.2 Å². The predicted molar refractivity (Wildman–Crippen MR) is 111 cm³/mol. The first-order valence-electron chi connectivity index (χ1n) is 9.12. The maximum atomic E-state index is 14.4. The molecule has 0 amide bonds. The van der Waals surface area contributed by atoms with Gasteiger partial charge in [-0.3, -0.25) is 9.78 Å². The van der Waals surface area contributed by atoms with Crippen molar-refractivity contribution in [2.75, 3.05) is 25.5 Å². The first kappa shape index (κ1) is 20.9. The SMILES string of the molecule is CN1CCC[C@@H](Nc2nnc(-c3ccc(Cl)cc3F)c3ccncc23)C1.O=CO. The first-order valence-corrected chi connectivity index (χ1v) is 9.50. The van der Waals surface area contributed by atoms with Crippen molar-refractivity contribution in [2.45, 2.75) is 18.9 Å². The molecule has 4 rings (SSSR count). The molecule has 3 aromatic rings. The molecule has 1 aliphatic rings. The van der Waals surface area contributed by atoms with Gasteiger partial charge in [0.25, 0.3) is 6.47 Å². The number of aromatic nitrogens is 3. The number of hydrogen-bond acceptors (Lipinski definition) is 6. The minimum Gasteiger partial charge on any atom is -0.483 e. The number of nitrogens with one attached hydrogen (secondary N) is 1. The minimum absolute atomic E-state index is 0.250. The Morgan fingerprint density at radius 2 is 2.10 bits per heavy atom. The van der Waals surface area contributed by atoms with E-state index in [9.17, 15) is 4.39 Å². The zero-order chi connectivity index (χ0) is 20.8. The molecule has 2 N–H and O–H groups in total. The van der Waals surface area contributed by atoms with Gasteiger partial charge in [-0.05, 0) is 50.7 Å². The second kappa shape index (κ2) is 9.58. The second-order valence-electron chi connectivity index (χ2n) is 6.79. The molecule has 3 heterocycles. The highest BCUT2D eigenvalue weighted by molar-refractivity contribution is 6.30. The standard InChI is InChI=1S/C19H19ClFN5.CH2O2/c1-26-8-2-3-13(11-26)23-19-16-10-22-7-6-14(16)18(24-25-19)15-5-4-12(20)9-17(15)21;2-1-3/h4-7,9-10,13H,2-3,8,11H2,1H3,(H,23,25);1H,(H,2,3)/t13-;/m1./s1. The van der Waals surface area contributed by atoms with E-state index in [1.807, 2.05) is 6.07 Å². The number of rotatable bonds is 3. The Kier molecular flexibility index (Phi) is 6.90. The van der Waals surface area contributed by atoms with Gasteiger partial charge in [0.05, 0.1) is 0 Å². The van der Waals surface area contributed by atoms with Crippen molar-refractivity contribution in [1.29, 1.82) is 0 Å². The van der Waals surface area contributed by atoms with Gasteiger partial charge in [-0.2, -0.15) is 0 Å². The number of likely N-dealkylation sites (tertiary alicyclic amines) is 1. The Balaban J connectivity index is 0.000000755. The lowest BCUT2D eigenvalue weighted by atomic mass is 10.0. The third-order valence-electron chi connectivity index (χ3n) is 4.73. The minimum atomic E-state index is -0.417. The molecular weight excluding hydrogens is 397 g/mol. The van der Waals surface area contributed by atoms with E-state index in [4.69, 9.17) is 21.5 Å². The third kappa shape index (κ3) is 4.96. The van der Waals surface area contributed by atoms with E-state index < -0.39 is 5.82 Å². The lowest BCUT2D eigenvalue weighted by molar-refractivity contribution is -0.122. The number of likely N-dealkylation sites (N-methyl/N-ethyl adjacent to an activating group) is 1. The lowest BCUT2D eigenvalue weighted by Gasteiger charge is -2.30. The highest BCUT2D eigenvalue weighted by Gasteiger charge is 2.20. The number of piperidine rings is 1. The highest BCUT2D eigenvalue weighted by atomic mass is 35.5. The van der Waals surface area contributed by atoms with Crippen molar-refractivity contribution < 1.29 is 14.3 Å². The summed E-state index contributed by atoms with van der Waals surface area (Å²) in [6, 6.07) is 6.72. The van der Waals surface area contributed by atoms with Crippen LogP contribution in [0.5, 0.6) is 0 Å². The molecule has 0 bridgehead atoms. The molecule has 0 spiro atoms. The van der Waals surface area contributed by atoms with Gasteiger partial charge in [0, 0.05) is 46.3 Å². The van der Waals surface area contributed by atoms with Crippen LogP contribution in [0.15, 0.2) is 36.7 Å². The van der Waals surface area contributed by atoms with E-state index in [2.05, 4.69) is 32.4 Å². The summed E-state index contributed by atoms with van der Waals surface area (Å²) in [6.45, 7) is 1.82. The largest absolute Gasteiger partial charge is 0.483 e. The molecule has 0 radical (unpaired) electrons. The van der Waals surface area contributed by atoms with E-state index in [1.165, 1.54) is 6.07 Å². The van der Waals surface area contributed by atoms with Crippen LogP contribution < -0.4 is 5.32 Å². The van der Waals surface area contributed by atoms with Crippen LogP contribution in [0, 0.1) is 5.82 Å². The maximum Gasteiger partial charge on any atom is 0.290 e. The van der Waals surface area contributed by atoms with Gasteiger partial charge in [-0.25, -0.2) is 4.39 Å². The smallest absolute Gasteiger partial charge is 0.290 e. The molecule has 1 fully saturated rings. The lowest BCUT2D eigenvalue weighted by Crippen LogP contribution is -2.40. The summed E-state index contributed by atoms with van der Waals surface area (Å²) in [5, 5.41) is 21.0. The molecule has 7 nitrogen and oxygen atoms in total. The molecule has 1 aliphatic heterocycles. The fraction of sp³-hybridized carbons (Fsp3) is 0.300. The van der Waals surface area contributed by atoms with E-state index in [0.29, 0.717) is 28.1 Å². The number of hydrogen-bond donors (Lipinski definition) is 2. The summed E-state index contributed by atoms with van der Waals surface area (Å²) in [4.78, 5) is 14.9. The van der Waals surface area contributed by atoms with E-state index in [-0.39, 0.29) is 6.47 Å². The molecule has 0 aliphatic carbocycles. The van der Waals surface area contributed by atoms with Crippen LogP contribution in [0.25, 0.3) is 22.0 Å². The Morgan fingerprint density at radius 1 is 1.31 bits per heavy atom. The number of nitrogens with zero attached hydrogens (tertiary/aromatic N) is 4. The van der Waals surface area contributed by atoms with Crippen LogP contribution in [0.4, 0.5) is 10.2 Å². The number of pyridine rings is 1. The maximum absolute atomic E-state index is 14.4. The van der Waals surface area contributed by atoms with Crippen LogP contribution in [0.2, 0.25) is 5.02 Å². The van der Waals surface area contributed by atoms with Crippen molar-refractivity contribution in [1.82, 2.24) is 20.1 Å². The number of anilines is 1. The fourth-order valence-electron chi connectivity index (χ4n) is 3.46. The Morgan fingerprint density at radius 3 is 2.83 bits per heavy atom. The second-order valence-corrected chi connectivity index (χ2v) is 7.23. The van der Waals surface area contributed by atoms with Gasteiger partial charge in [-0.1, -0.05) is 11.6 Å². The Labute approximate surface area is 172 Å². The van der Waals surface area contributed by atoms with Crippen molar-refractivity contribution >= 4 is 34.7 Å². The molecule has 1 atom stereocenters. The molecule has 1 aromatic carbocycles. The number of halogens is 2. The number of fused-ring (bicyclic) bond motifs is 1. The van der Waals surface area contributed by atoms with Crippen molar-refractivity contribution in [3.05, 3.63) is 47.5 Å². The quantitative estimate of drug-likeness (QED) is 0.628. The van der Waals surface area contributed by atoms with Crippen LogP contribution in [0.3, 0.4) is 0 Å². The number of carboxylic acid groups (broad SMARTS) is 1. The summed E-state index contributed by atoms with van der Waals surface area (Å²) < 4.78 is 14.4.